The van der Waals surface area contributed by atoms with Gasteiger partial charge in [0.05, 0.1) is 12.9 Å². The Morgan fingerprint density at radius 3 is 2.36 bits per heavy atom. The van der Waals surface area contributed by atoms with E-state index in [1.165, 1.54) is 0 Å². The van der Waals surface area contributed by atoms with Crippen molar-refractivity contribution >= 4 is 11.6 Å². The molecule has 3 rings (SSSR count). The van der Waals surface area contributed by atoms with Gasteiger partial charge in [0, 0.05) is 17.4 Å². The molecule has 1 N–H and O–H groups in total. The van der Waals surface area contributed by atoms with Gasteiger partial charge in [0.2, 0.25) is 0 Å². The topological polar surface area (TPSA) is 47.3 Å². The third-order valence-corrected chi connectivity index (χ3v) is 4.66. The van der Waals surface area contributed by atoms with Gasteiger partial charge >= 0.3 is 0 Å². The Morgan fingerprint density at radius 2 is 1.76 bits per heavy atom. The van der Waals surface area contributed by atoms with Gasteiger partial charge in [-0.25, -0.2) is 4.98 Å². The van der Waals surface area contributed by atoms with Gasteiger partial charge in [-0.1, -0.05) is 41.9 Å². The Hall–Kier alpha value is -2.30. The lowest BCUT2D eigenvalue weighted by Gasteiger charge is -2.43. The van der Waals surface area contributed by atoms with E-state index in [0.29, 0.717) is 17.3 Å². The lowest BCUT2D eigenvalue weighted by molar-refractivity contribution is -0.132. The summed E-state index contributed by atoms with van der Waals surface area (Å²) in [5, 5.41) is 12.3. The fourth-order valence-electron chi connectivity index (χ4n) is 2.87. The van der Waals surface area contributed by atoms with Crippen molar-refractivity contribution in [2.45, 2.75) is 31.6 Å². The monoisotopic (exact) mass is 356 g/mol. The molecule has 0 saturated carbocycles. The lowest BCUT2D eigenvalue weighted by atomic mass is 9.79. The lowest BCUT2D eigenvalue weighted by Crippen LogP contribution is -2.54. The summed E-state index contributed by atoms with van der Waals surface area (Å²) < 4.78 is 8.03. The number of benzene rings is 2. The Morgan fingerprint density at radius 1 is 1.08 bits per heavy atom. The molecule has 1 atom stereocenters. The maximum Gasteiger partial charge on any atom is 0.146 e. The first-order chi connectivity index (χ1) is 11.9. The van der Waals surface area contributed by atoms with E-state index in [-0.39, 0.29) is 0 Å². The van der Waals surface area contributed by atoms with Crippen LogP contribution in [0.25, 0.3) is 0 Å². The zero-order chi connectivity index (χ0) is 17.9. The molecule has 0 fully saturated rings. The van der Waals surface area contributed by atoms with E-state index in [2.05, 4.69) is 4.98 Å². The Labute approximate surface area is 152 Å². The molecule has 1 heterocycles. The average Bonchev–Trinajstić information content (AvgIpc) is 3.10. The molecule has 3 aromatic rings. The van der Waals surface area contributed by atoms with Crippen molar-refractivity contribution < 1.29 is 9.84 Å². The Balaban J connectivity index is 1.98. The number of aromatic nitrogens is 2. The fourth-order valence-corrected chi connectivity index (χ4v) is 3.00. The van der Waals surface area contributed by atoms with Crippen molar-refractivity contribution in [2.75, 3.05) is 0 Å². The number of ether oxygens (including phenoxy) is 1. The molecule has 5 heteroatoms. The van der Waals surface area contributed by atoms with Crippen LogP contribution in [0.5, 0.6) is 5.75 Å². The molecule has 1 unspecified atom stereocenters. The molecule has 0 aliphatic rings. The second-order valence-corrected chi connectivity index (χ2v) is 6.96. The van der Waals surface area contributed by atoms with E-state index in [0.717, 1.165) is 5.56 Å². The molecule has 4 nitrogen and oxygen atoms in total. The van der Waals surface area contributed by atoms with Crippen LogP contribution >= 0.6 is 11.6 Å². The Bertz CT molecular complexity index is 801. The molecule has 1 aromatic heterocycles. The molecule has 2 aromatic carbocycles. The minimum Gasteiger partial charge on any atom is -0.484 e. The Kier molecular flexibility index (Phi) is 4.84. The number of nitrogens with zero attached hydrogens (tertiary/aromatic N) is 2. The minimum absolute atomic E-state index is 0.317. The largest absolute Gasteiger partial charge is 0.484 e. The van der Waals surface area contributed by atoms with Crippen LogP contribution in [0.1, 0.15) is 19.4 Å². The van der Waals surface area contributed by atoms with Crippen molar-refractivity contribution in [1.82, 2.24) is 9.55 Å². The summed E-state index contributed by atoms with van der Waals surface area (Å²) in [6.45, 7) is 4.08. The predicted molar refractivity (Wildman–Crippen MR) is 98.7 cm³/mol. The summed E-state index contributed by atoms with van der Waals surface area (Å²) >= 11 is 5.95. The molecule has 0 radical (unpaired) electrons. The number of imidazole rings is 1. The van der Waals surface area contributed by atoms with Gasteiger partial charge in [-0.2, -0.15) is 0 Å². The van der Waals surface area contributed by atoms with Crippen molar-refractivity contribution in [3.63, 3.8) is 0 Å². The van der Waals surface area contributed by atoms with E-state index in [4.69, 9.17) is 16.3 Å². The van der Waals surface area contributed by atoms with Crippen molar-refractivity contribution in [2.24, 2.45) is 0 Å². The maximum atomic E-state index is 11.7. The van der Waals surface area contributed by atoms with Gasteiger partial charge in [-0.3, -0.25) is 0 Å². The molecule has 0 spiro atoms. The first kappa shape index (κ1) is 17.5. The number of rotatable bonds is 6. The van der Waals surface area contributed by atoms with Crippen LogP contribution < -0.4 is 4.74 Å². The molecule has 0 aliphatic heterocycles. The molecule has 130 valence electrons. The standard InChI is InChI=1S/C20H21ClN2O2/c1-19(2,25-18-10-8-17(21)9-11-18)20(24,14-23-13-12-22-15-23)16-6-4-3-5-7-16/h3-13,15,24H,14H2,1-2H3. The molecule has 0 aliphatic carbocycles. The highest BCUT2D eigenvalue weighted by atomic mass is 35.5. The van der Waals surface area contributed by atoms with Crippen LogP contribution in [-0.2, 0) is 12.1 Å². The zero-order valence-electron chi connectivity index (χ0n) is 14.3. The normalized spacial score (nSPS) is 14.1. The summed E-state index contributed by atoms with van der Waals surface area (Å²) in [7, 11) is 0. The molecular formula is C20H21ClN2O2. The molecule has 0 amide bonds. The first-order valence-electron chi connectivity index (χ1n) is 8.09. The smallest absolute Gasteiger partial charge is 0.146 e. The van der Waals surface area contributed by atoms with Crippen LogP contribution in [0.15, 0.2) is 73.3 Å². The van der Waals surface area contributed by atoms with Gasteiger partial charge in [-0.05, 0) is 43.7 Å². The van der Waals surface area contributed by atoms with Crippen LogP contribution in [0, 0.1) is 0 Å². The van der Waals surface area contributed by atoms with Gasteiger partial charge in [0.25, 0.3) is 0 Å². The van der Waals surface area contributed by atoms with E-state index in [1.807, 2.05) is 54.9 Å². The number of aliphatic hydroxyl groups is 1. The van der Waals surface area contributed by atoms with Crippen LogP contribution in [0.4, 0.5) is 0 Å². The maximum absolute atomic E-state index is 11.7. The molecule has 0 bridgehead atoms. The summed E-state index contributed by atoms with van der Waals surface area (Å²) in [4.78, 5) is 4.07. The highest BCUT2D eigenvalue weighted by molar-refractivity contribution is 6.30. The quantitative estimate of drug-likeness (QED) is 0.717. The van der Waals surface area contributed by atoms with Crippen LogP contribution in [0.2, 0.25) is 5.02 Å². The number of hydrogen-bond acceptors (Lipinski definition) is 3. The summed E-state index contributed by atoms with van der Waals surface area (Å²) in [6.07, 6.45) is 5.21. The average molecular weight is 357 g/mol. The van der Waals surface area contributed by atoms with Crippen LogP contribution in [-0.4, -0.2) is 20.3 Å². The summed E-state index contributed by atoms with van der Waals surface area (Å²) in [6, 6.07) is 16.7. The van der Waals surface area contributed by atoms with Gasteiger partial charge < -0.3 is 14.4 Å². The third-order valence-electron chi connectivity index (χ3n) is 4.40. The van der Waals surface area contributed by atoms with E-state index < -0.39 is 11.2 Å². The SMILES string of the molecule is CC(C)(Oc1ccc(Cl)cc1)C(O)(Cn1ccnc1)c1ccccc1. The highest BCUT2D eigenvalue weighted by Crippen LogP contribution is 2.38. The first-order valence-corrected chi connectivity index (χ1v) is 8.47. The molecule has 0 saturated heterocycles. The van der Waals surface area contributed by atoms with Gasteiger partial charge in [0.1, 0.15) is 17.0 Å². The van der Waals surface area contributed by atoms with Crippen molar-refractivity contribution in [3.05, 3.63) is 83.9 Å². The molecular weight excluding hydrogens is 336 g/mol. The van der Waals surface area contributed by atoms with Gasteiger partial charge in [0.15, 0.2) is 0 Å². The minimum atomic E-state index is -1.27. The second-order valence-electron chi connectivity index (χ2n) is 6.53. The number of hydrogen-bond donors (Lipinski definition) is 1. The van der Waals surface area contributed by atoms with Gasteiger partial charge in [-0.15, -0.1) is 0 Å². The summed E-state index contributed by atoms with van der Waals surface area (Å²) in [5.74, 6) is 0.648. The van der Waals surface area contributed by atoms with Crippen molar-refractivity contribution in [3.8, 4) is 5.75 Å². The number of halogens is 1. The van der Waals surface area contributed by atoms with Crippen molar-refractivity contribution in [1.29, 1.82) is 0 Å². The molecule has 25 heavy (non-hydrogen) atoms. The predicted octanol–water partition coefficient (Wildman–Crippen LogP) is 4.28. The van der Waals surface area contributed by atoms with E-state index in [9.17, 15) is 5.11 Å². The highest BCUT2D eigenvalue weighted by Gasteiger charge is 2.47. The summed E-state index contributed by atoms with van der Waals surface area (Å²) in [5.41, 5.74) is -1.40. The second kappa shape index (κ2) is 6.90. The van der Waals surface area contributed by atoms with Crippen LogP contribution in [0.3, 0.4) is 0 Å². The fraction of sp³-hybridized carbons (Fsp3) is 0.250. The third kappa shape index (κ3) is 3.70. The zero-order valence-corrected chi connectivity index (χ0v) is 15.0. The van der Waals surface area contributed by atoms with E-state index >= 15 is 0 Å². The van der Waals surface area contributed by atoms with E-state index in [1.54, 1.807) is 36.8 Å².